The molecule has 0 spiro atoms. The van der Waals surface area contributed by atoms with Crippen molar-refractivity contribution in [1.82, 2.24) is 10.6 Å². The Morgan fingerprint density at radius 1 is 0.449 bits per heavy atom. The number of fused-ring (bicyclic) bond motifs is 1. The number of rotatable bonds is 17. The fourth-order valence-electron chi connectivity index (χ4n) is 14.1. The number of nitrogens with two attached hydrogens (primary N) is 3. The number of halogens is 1. The van der Waals surface area contributed by atoms with Gasteiger partial charge in [-0.15, -0.1) is 26.3 Å². The highest BCUT2D eigenvalue weighted by molar-refractivity contribution is 9.09. The lowest BCUT2D eigenvalue weighted by atomic mass is 9.94. The molecule has 0 radical (unpaired) electrons. The van der Waals surface area contributed by atoms with Crippen molar-refractivity contribution in [3.63, 3.8) is 0 Å². The minimum absolute atomic E-state index is 0. The predicted octanol–water partition coefficient (Wildman–Crippen LogP) is 17.4. The van der Waals surface area contributed by atoms with E-state index in [2.05, 4.69) is 172 Å². The van der Waals surface area contributed by atoms with Gasteiger partial charge in [0.15, 0.2) is 0 Å². The molecule has 0 aliphatic carbocycles. The van der Waals surface area contributed by atoms with E-state index in [9.17, 15) is 15.3 Å². The Bertz CT molecular complexity index is 3240. The van der Waals surface area contributed by atoms with Crippen molar-refractivity contribution in [3.8, 4) is 0 Å². The number of aliphatic hydroxyl groups excluding tert-OH is 5. The molecule has 127 heavy (non-hydrogen) atoms. The first-order valence-corrected chi connectivity index (χ1v) is 47.0. The number of ether oxygens (including phenoxy) is 11. The van der Waals surface area contributed by atoms with Gasteiger partial charge in [0.05, 0.1) is 182 Å². The Balaban J connectivity index is 0.00000137. The first-order chi connectivity index (χ1) is 59.9. The van der Waals surface area contributed by atoms with Crippen molar-refractivity contribution in [2.45, 2.75) is 353 Å². The van der Waals surface area contributed by atoms with Crippen LogP contribution in [0.5, 0.6) is 0 Å². The zero-order valence-electron chi connectivity index (χ0n) is 80.3. The number of hydrogen-bond acceptors (Lipinski definition) is 23. The molecule has 0 bridgehead atoms. The van der Waals surface area contributed by atoms with Crippen molar-refractivity contribution in [2.24, 2.45) is 51.1 Å². The Morgan fingerprint density at radius 3 is 1.20 bits per heavy atom. The Morgan fingerprint density at radius 2 is 0.858 bits per heavy atom. The molecule has 30 atom stereocenters. The van der Waals surface area contributed by atoms with E-state index in [1.807, 2.05) is 128 Å². The highest BCUT2D eigenvalue weighted by Crippen LogP contribution is 2.32. The van der Waals surface area contributed by atoms with E-state index in [1.54, 1.807) is 25.2 Å². The monoisotopic (exact) mass is 1870 g/mol. The van der Waals surface area contributed by atoms with Gasteiger partial charge in [0.25, 0.3) is 0 Å². The number of aliphatic hydroxyl groups is 5. The van der Waals surface area contributed by atoms with Gasteiger partial charge in [0, 0.05) is 64.2 Å². The first-order valence-electron chi connectivity index (χ1n) is 45.8. The molecule has 10 aliphatic heterocycles. The Hall–Kier alpha value is -5.03. The Labute approximate surface area is 780 Å². The smallest absolute Gasteiger partial charge is 0.108 e. The summed E-state index contributed by atoms with van der Waals surface area (Å²) in [5.74, 6) is 1.95. The van der Waals surface area contributed by atoms with Crippen LogP contribution in [-0.2, 0) is 52.1 Å². The lowest BCUT2D eigenvalue weighted by molar-refractivity contribution is -0.0762. The standard InChI is InChI=1S/2C14H21NO2.C8H11N.C8H14O.2C7H13N3O.C7H15NO.C7H14O2.C6H13NO2.C6H10O2.C6H10O.C5H10O.C3H5Br.H2S/c1-10-8-14(16)13(9-17-10)15-11(2)12-6-4-3-5-7-12;1-10-8-13(14(16)9-17-10)15-11(2)12-6-4-3-5-7-12;1-7(9)8-5-3-2-4-6-8;1-4-6-8(3)9-7-5-2;2*1-5-3-6(2)11-4-7(5)9-10-8;2*1-5-3-6(2)9-4-7(5)8;1-4-2-5(7)6(8)3-9-4;1-4-2-5-6(8-5)3-7-4;1-6-4-2-3-5-7-6;1-3-4-5(2)6;1-2-3-4;/h2*3-7,10-11,13-16H,8-9H2,1-2H3;2-7H,9H2,1H3;4-5,8H,1-2,6-7H2,3H3;2*5-7H,3-4H2,1-2H3;5-7H,3-4,8H2,1-2H3;5-8H,3-4H2,1-2H3;4-6,8H,2-3,7H2,1H3;4-6H,2-3H2,1H3;2-3,6H,4-5H2,1H3;3,5-6H,1,4H2,2H3;2H,1,3H2;1H2/t10-,11+,13-,14-;10-,11-,13-,14-;7-;8-;3*5-,6-,7+;5-,6-,7-;4-,5-,6-;4-,5?,6?;6-;5-;;/m001000000000../s1. The lowest BCUT2D eigenvalue weighted by Crippen LogP contribution is -2.49. The van der Waals surface area contributed by atoms with Crippen LogP contribution in [0.2, 0.25) is 0 Å². The van der Waals surface area contributed by atoms with E-state index >= 15 is 0 Å². The van der Waals surface area contributed by atoms with Crippen LogP contribution in [0.4, 0.5) is 0 Å². The fraction of sp³-hybridized carbons (Fsp3) is 0.714. The summed E-state index contributed by atoms with van der Waals surface area (Å²) < 4.78 is 58.3. The van der Waals surface area contributed by atoms with Crippen LogP contribution in [-0.4, -0.2) is 237 Å². The summed E-state index contributed by atoms with van der Waals surface area (Å²) in [7, 11) is 0. The zero-order valence-corrected chi connectivity index (χ0v) is 82.9. The SMILES string of the molecule is C=CCBr.C=CCO[C@@H](C)CC=C.C=CC[C@H](C)O.C[C@@H](N)c1ccccc1.C[C@H](N[C@H]1C[C@H](C)OC[C@@H]1O)c1ccccc1.C[C@H]1CC2OC2CO1.C[C@H]1CC=CCO1.C[C@H]1C[C@H](C)[C@@H](O)CO1.C[C@H]1C[C@H](C)[C@H](N)CO1.C[C@H]1C[C@H](C)[C@H](N=[N+]=[N-])CO1.C[C@H]1C[C@H](C)[C@H](N=[N+]=[N-])CO1.C[C@H]1C[C@H](N)[C@@H](O)CO1.C[C@H]1C[C@H](O)[C@@H](N[C@H](C)c2ccccc2)CO1.S. The van der Waals surface area contributed by atoms with Crippen molar-refractivity contribution in [2.75, 3.05) is 71.4 Å². The van der Waals surface area contributed by atoms with E-state index in [0.29, 0.717) is 132 Å². The highest BCUT2D eigenvalue weighted by Gasteiger charge is 2.43. The van der Waals surface area contributed by atoms with Gasteiger partial charge in [-0.25, -0.2) is 0 Å². The summed E-state index contributed by atoms with van der Waals surface area (Å²) >= 11 is 3.13. The molecule has 9 saturated heterocycles. The number of nitrogens with zero attached hydrogens (tertiary/aromatic N) is 6. The normalized spacial score (nSPS) is 32.1. The first kappa shape index (κ1) is 122. The van der Waals surface area contributed by atoms with Gasteiger partial charge in [-0.1, -0.05) is 181 Å². The quantitative estimate of drug-likeness (QED) is 0.0150. The van der Waals surface area contributed by atoms with Gasteiger partial charge in [-0.05, 0) is 206 Å². The van der Waals surface area contributed by atoms with E-state index in [-0.39, 0.29) is 111 Å². The van der Waals surface area contributed by atoms with Crippen molar-refractivity contribution < 1.29 is 77.6 Å². The summed E-state index contributed by atoms with van der Waals surface area (Å²) in [4.78, 5) is 5.56. The molecule has 27 nitrogen and oxygen atoms in total. The van der Waals surface area contributed by atoms with Crippen LogP contribution >= 0.6 is 29.4 Å². The van der Waals surface area contributed by atoms with E-state index in [0.717, 1.165) is 82.9 Å². The molecule has 10 heterocycles. The molecule has 10 aliphatic rings. The van der Waals surface area contributed by atoms with Crippen LogP contribution in [0, 0.1) is 23.7 Å². The third-order valence-corrected chi connectivity index (χ3v) is 22.8. The van der Waals surface area contributed by atoms with Crippen LogP contribution in [0.25, 0.3) is 20.9 Å². The van der Waals surface area contributed by atoms with Crippen LogP contribution in [0.1, 0.15) is 230 Å². The molecule has 3 aromatic carbocycles. The zero-order chi connectivity index (χ0) is 94.5. The van der Waals surface area contributed by atoms with E-state index < -0.39 is 12.2 Å². The van der Waals surface area contributed by atoms with Gasteiger partial charge in [0.2, 0.25) is 0 Å². The number of hydrogen-bond donors (Lipinski definition) is 10. The third kappa shape index (κ3) is 59.3. The van der Waals surface area contributed by atoms with Crippen molar-refractivity contribution >= 4 is 29.4 Å². The Kier molecular flexibility index (Phi) is 70.5. The average Bonchev–Trinajstić information content (AvgIpc) is 1.66. The van der Waals surface area contributed by atoms with Gasteiger partial charge in [0.1, 0.15) is 6.10 Å². The van der Waals surface area contributed by atoms with Crippen molar-refractivity contribution in [3.05, 3.63) is 191 Å². The number of allylic oxidation sites excluding steroid dienone is 1. The largest absolute Gasteiger partial charge is 0.393 e. The maximum atomic E-state index is 9.99. The summed E-state index contributed by atoms with van der Waals surface area (Å²) in [6, 6.07) is 31.7. The number of azide groups is 2. The van der Waals surface area contributed by atoms with Crippen LogP contribution in [0.3, 0.4) is 0 Å². The average molecular weight is 1870 g/mol. The summed E-state index contributed by atoms with van der Waals surface area (Å²) in [6.07, 6.45) is 24.0. The second kappa shape index (κ2) is 73.4. The second-order valence-corrected chi connectivity index (χ2v) is 35.6. The molecule has 728 valence electrons. The topological polar surface area (TPSA) is 406 Å². The highest BCUT2D eigenvalue weighted by atomic mass is 79.9. The number of epoxide rings is 1. The molecule has 29 heteroatoms. The maximum absolute atomic E-state index is 9.99. The molecular weight excluding hydrogens is 1700 g/mol. The molecule has 0 amide bonds. The lowest BCUT2D eigenvalue weighted by Gasteiger charge is -2.34. The van der Waals surface area contributed by atoms with E-state index in [1.165, 1.54) is 16.7 Å². The summed E-state index contributed by atoms with van der Waals surface area (Å²) in [5, 5.41) is 61.7. The third-order valence-electron chi connectivity index (χ3n) is 22.4. The second-order valence-electron chi connectivity index (χ2n) is 34.9. The molecule has 13 rings (SSSR count). The minimum atomic E-state index is -0.457. The minimum Gasteiger partial charge on any atom is -0.393 e. The molecule has 3 aromatic rings. The van der Waals surface area contributed by atoms with Gasteiger partial charge in [-0.2, -0.15) is 13.5 Å². The predicted molar refractivity (Wildman–Crippen MR) is 524 cm³/mol. The molecule has 0 aromatic heterocycles. The number of benzene rings is 3. The summed E-state index contributed by atoms with van der Waals surface area (Å²) in [5.41, 5.74) is 37.0. The molecule has 2 unspecified atom stereocenters. The molecule has 13 N–H and O–H groups in total. The fourth-order valence-corrected chi connectivity index (χ4v) is 14.1. The van der Waals surface area contributed by atoms with Crippen LogP contribution < -0.4 is 27.8 Å². The maximum Gasteiger partial charge on any atom is 0.108 e. The number of nitrogens with one attached hydrogen (secondary N) is 2. The molecule has 9 fully saturated rings. The summed E-state index contributed by atoms with van der Waals surface area (Å²) in [6.45, 7) is 56.9. The van der Waals surface area contributed by atoms with Crippen molar-refractivity contribution in [1.29, 1.82) is 0 Å². The van der Waals surface area contributed by atoms with Crippen LogP contribution in [0.15, 0.2) is 164 Å². The van der Waals surface area contributed by atoms with Gasteiger partial charge >= 0.3 is 0 Å². The van der Waals surface area contributed by atoms with Gasteiger partial charge < -0.3 is 105 Å². The van der Waals surface area contributed by atoms with E-state index in [4.69, 9.17) is 90.6 Å². The number of alkyl halides is 1. The van der Waals surface area contributed by atoms with Gasteiger partial charge in [-0.3, -0.25) is 0 Å². The molecular formula is C98H172BrN11O16S. The molecule has 0 saturated carbocycles.